The molecule has 1 aliphatic carbocycles. The van der Waals surface area contributed by atoms with E-state index in [0.29, 0.717) is 16.4 Å². The molecule has 29 heavy (non-hydrogen) atoms. The Morgan fingerprint density at radius 2 is 2.17 bits per heavy atom. The summed E-state index contributed by atoms with van der Waals surface area (Å²) >= 11 is 12.1. The van der Waals surface area contributed by atoms with Gasteiger partial charge in [-0.1, -0.05) is 23.2 Å². The summed E-state index contributed by atoms with van der Waals surface area (Å²) in [5, 5.41) is 9.60. The van der Waals surface area contributed by atoms with Gasteiger partial charge in [0.05, 0.1) is 5.69 Å². The number of rotatable bonds is 4. The van der Waals surface area contributed by atoms with E-state index in [1.54, 1.807) is 18.3 Å². The van der Waals surface area contributed by atoms with Crippen LogP contribution < -0.4 is 5.32 Å². The standard InChI is InChI=1S/C20H19Cl2N5O2/c21-16-7-11-8-17(23-10-14(11)19(22)24-16)25-20(28)13-9-12(13)15-4-5-27(26-15)18-3-1-2-6-29-18/h4-5,7-8,10,12-13,18H,1-3,6,9H2,(H,23,25,28)/t12-,13-,18?/m1/s1. The van der Waals surface area contributed by atoms with E-state index in [-0.39, 0.29) is 29.1 Å². The Kier molecular flexibility index (Phi) is 4.89. The van der Waals surface area contributed by atoms with Gasteiger partial charge in [0.15, 0.2) is 0 Å². The van der Waals surface area contributed by atoms with Gasteiger partial charge in [0.25, 0.3) is 0 Å². The van der Waals surface area contributed by atoms with Gasteiger partial charge >= 0.3 is 0 Å². The minimum Gasteiger partial charge on any atom is -0.357 e. The third kappa shape index (κ3) is 3.82. The number of ether oxygens (including phenoxy) is 1. The summed E-state index contributed by atoms with van der Waals surface area (Å²) in [6, 6.07) is 5.43. The van der Waals surface area contributed by atoms with Crippen LogP contribution in [0.5, 0.6) is 0 Å². The fourth-order valence-corrected chi connectivity index (χ4v) is 4.31. The molecule has 2 aliphatic rings. The number of nitrogens with zero attached hydrogens (tertiary/aromatic N) is 4. The zero-order valence-electron chi connectivity index (χ0n) is 15.5. The first-order chi connectivity index (χ1) is 14.1. The molecule has 1 aliphatic heterocycles. The zero-order chi connectivity index (χ0) is 20.0. The highest BCUT2D eigenvalue weighted by Gasteiger charge is 2.45. The molecule has 1 N–H and O–H groups in total. The Labute approximate surface area is 177 Å². The van der Waals surface area contributed by atoms with E-state index in [0.717, 1.165) is 43.4 Å². The van der Waals surface area contributed by atoms with Crippen LogP contribution in [-0.4, -0.2) is 32.3 Å². The summed E-state index contributed by atoms with van der Waals surface area (Å²) in [7, 11) is 0. The number of fused-ring (bicyclic) bond motifs is 1. The summed E-state index contributed by atoms with van der Waals surface area (Å²) in [6.45, 7) is 0.777. The molecule has 9 heteroatoms. The highest BCUT2D eigenvalue weighted by Crippen LogP contribution is 2.47. The fraction of sp³-hybridized carbons (Fsp3) is 0.400. The van der Waals surface area contributed by atoms with Gasteiger partial charge in [-0.25, -0.2) is 14.6 Å². The first kappa shape index (κ1) is 18.8. The Morgan fingerprint density at radius 3 is 3.00 bits per heavy atom. The molecule has 1 saturated carbocycles. The minimum atomic E-state index is -0.104. The molecule has 0 radical (unpaired) electrons. The van der Waals surface area contributed by atoms with E-state index < -0.39 is 0 Å². The van der Waals surface area contributed by atoms with Gasteiger partial charge in [-0.15, -0.1) is 0 Å². The van der Waals surface area contributed by atoms with Gasteiger partial charge < -0.3 is 10.1 Å². The molecule has 0 bridgehead atoms. The van der Waals surface area contributed by atoms with Gasteiger partial charge in [0.2, 0.25) is 5.91 Å². The molecule has 1 saturated heterocycles. The number of amides is 1. The SMILES string of the molecule is O=C(Nc1cc2cc(Cl)nc(Cl)c2cn1)[C@@H]1C[C@H]1c1ccn(C2CCCCO2)n1. The summed E-state index contributed by atoms with van der Waals surface area (Å²) < 4.78 is 7.66. The number of hydrogen-bond acceptors (Lipinski definition) is 5. The molecule has 7 nitrogen and oxygen atoms in total. The highest BCUT2D eigenvalue weighted by atomic mass is 35.5. The number of halogens is 2. The largest absolute Gasteiger partial charge is 0.357 e. The van der Waals surface area contributed by atoms with Crippen molar-refractivity contribution in [3.63, 3.8) is 0 Å². The number of anilines is 1. The number of pyridine rings is 2. The quantitative estimate of drug-likeness (QED) is 0.611. The van der Waals surface area contributed by atoms with E-state index in [4.69, 9.17) is 27.9 Å². The molecular weight excluding hydrogens is 413 g/mol. The molecular formula is C20H19Cl2N5O2. The van der Waals surface area contributed by atoms with Crippen molar-refractivity contribution in [1.82, 2.24) is 19.7 Å². The molecule has 1 amide bonds. The summed E-state index contributed by atoms with van der Waals surface area (Å²) in [6.07, 6.45) is 7.57. The van der Waals surface area contributed by atoms with E-state index in [9.17, 15) is 4.79 Å². The van der Waals surface area contributed by atoms with Crippen molar-refractivity contribution in [3.8, 4) is 0 Å². The lowest BCUT2D eigenvalue weighted by molar-refractivity contribution is -0.117. The summed E-state index contributed by atoms with van der Waals surface area (Å²) in [5.74, 6) is 0.435. The van der Waals surface area contributed by atoms with Crippen LogP contribution in [0.4, 0.5) is 5.82 Å². The molecule has 150 valence electrons. The molecule has 3 aromatic rings. The number of carbonyl (C=O) groups excluding carboxylic acids is 1. The van der Waals surface area contributed by atoms with Gasteiger partial charge in [0.1, 0.15) is 22.4 Å². The molecule has 0 aromatic carbocycles. The fourth-order valence-electron chi connectivity index (χ4n) is 3.82. The number of nitrogens with one attached hydrogen (secondary N) is 1. The maximum Gasteiger partial charge on any atom is 0.229 e. The van der Waals surface area contributed by atoms with Crippen LogP contribution in [0, 0.1) is 5.92 Å². The second-order valence-corrected chi connectivity index (χ2v) is 8.25. The Balaban J connectivity index is 1.26. The van der Waals surface area contributed by atoms with Crippen LogP contribution in [-0.2, 0) is 9.53 Å². The predicted molar refractivity (Wildman–Crippen MR) is 110 cm³/mol. The molecule has 2 fully saturated rings. The monoisotopic (exact) mass is 431 g/mol. The zero-order valence-corrected chi connectivity index (χ0v) is 17.0. The first-order valence-corrected chi connectivity index (χ1v) is 10.4. The van der Waals surface area contributed by atoms with Crippen molar-refractivity contribution in [2.45, 2.75) is 37.8 Å². The van der Waals surface area contributed by atoms with Crippen molar-refractivity contribution >= 4 is 45.7 Å². The first-order valence-electron chi connectivity index (χ1n) is 9.68. The van der Waals surface area contributed by atoms with E-state index in [2.05, 4.69) is 20.4 Å². The van der Waals surface area contributed by atoms with Gasteiger partial charge in [-0.3, -0.25) is 4.79 Å². The average molecular weight is 432 g/mol. The van der Waals surface area contributed by atoms with E-state index in [1.165, 1.54) is 0 Å². The van der Waals surface area contributed by atoms with Crippen molar-refractivity contribution in [2.75, 3.05) is 11.9 Å². The Hall–Kier alpha value is -2.22. The lowest BCUT2D eigenvalue weighted by Crippen LogP contribution is -2.18. The summed E-state index contributed by atoms with van der Waals surface area (Å²) in [5.41, 5.74) is 0.940. The molecule has 1 unspecified atom stereocenters. The third-order valence-electron chi connectivity index (χ3n) is 5.48. The number of hydrogen-bond donors (Lipinski definition) is 1. The lowest BCUT2D eigenvalue weighted by Gasteiger charge is -2.22. The Bertz CT molecular complexity index is 1080. The van der Waals surface area contributed by atoms with Crippen molar-refractivity contribution < 1.29 is 9.53 Å². The van der Waals surface area contributed by atoms with Crippen molar-refractivity contribution in [1.29, 1.82) is 0 Å². The summed E-state index contributed by atoms with van der Waals surface area (Å²) in [4.78, 5) is 20.9. The predicted octanol–water partition coefficient (Wildman–Crippen LogP) is 4.57. The highest BCUT2D eigenvalue weighted by molar-refractivity contribution is 6.36. The number of aromatic nitrogens is 4. The third-order valence-corrected chi connectivity index (χ3v) is 5.96. The Morgan fingerprint density at radius 1 is 1.28 bits per heavy atom. The van der Waals surface area contributed by atoms with Crippen LogP contribution in [0.3, 0.4) is 0 Å². The molecule has 5 rings (SSSR count). The normalized spacial score (nSPS) is 23.9. The van der Waals surface area contributed by atoms with Crippen LogP contribution in [0.25, 0.3) is 10.8 Å². The molecule has 3 atom stereocenters. The topological polar surface area (TPSA) is 81.9 Å². The molecule has 0 spiro atoms. The van der Waals surface area contributed by atoms with E-state index in [1.807, 2.05) is 16.9 Å². The van der Waals surface area contributed by atoms with Crippen LogP contribution in [0.2, 0.25) is 10.3 Å². The minimum absolute atomic E-state index is 0.0125. The second-order valence-electron chi connectivity index (χ2n) is 7.51. The second kappa shape index (κ2) is 7.55. The smallest absolute Gasteiger partial charge is 0.229 e. The van der Waals surface area contributed by atoms with Crippen LogP contribution >= 0.6 is 23.2 Å². The number of carbonyl (C=O) groups is 1. The van der Waals surface area contributed by atoms with Gasteiger partial charge in [-0.2, -0.15) is 5.10 Å². The maximum absolute atomic E-state index is 12.7. The van der Waals surface area contributed by atoms with Crippen LogP contribution in [0.1, 0.15) is 43.5 Å². The molecule has 3 aromatic heterocycles. The van der Waals surface area contributed by atoms with Crippen LogP contribution in [0.15, 0.2) is 30.6 Å². The maximum atomic E-state index is 12.7. The molecule has 4 heterocycles. The van der Waals surface area contributed by atoms with E-state index >= 15 is 0 Å². The average Bonchev–Trinajstić information content (AvgIpc) is 3.37. The lowest BCUT2D eigenvalue weighted by atomic mass is 10.2. The van der Waals surface area contributed by atoms with Gasteiger partial charge in [0, 0.05) is 36.2 Å². The van der Waals surface area contributed by atoms with Crippen molar-refractivity contribution in [3.05, 3.63) is 46.6 Å². The van der Waals surface area contributed by atoms with Gasteiger partial charge in [-0.05, 0) is 49.3 Å². The van der Waals surface area contributed by atoms with Crippen molar-refractivity contribution in [2.24, 2.45) is 5.92 Å².